The van der Waals surface area contributed by atoms with Gasteiger partial charge >= 0.3 is 0 Å². The fourth-order valence-electron chi connectivity index (χ4n) is 2.51. The summed E-state index contributed by atoms with van der Waals surface area (Å²) in [4.78, 5) is 13.9. The highest BCUT2D eigenvalue weighted by Gasteiger charge is 2.21. The number of amides is 1. The van der Waals surface area contributed by atoms with E-state index in [-0.39, 0.29) is 5.91 Å². The fraction of sp³-hybridized carbons (Fsp3) is 0.111. The number of nitrogens with one attached hydrogen (secondary N) is 1. The molecule has 4 rings (SSSR count). The Morgan fingerprint density at radius 3 is 2.44 bits per heavy atom. The normalized spacial score (nSPS) is 11.9. The van der Waals surface area contributed by atoms with Crippen LogP contribution in [0.4, 0.5) is 5.95 Å². The summed E-state index contributed by atoms with van der Waals surface area (Å²) in [5.41, 5.74) is 1.68. The summed E-state index contributed by atoms with van der Waals surface area (Å²) in [5, 5.41) is 22.9. The Labute approximate surface area is 154 Å². The lowest BCUT2D eigenvalue weighted by Crippen LogP contribution is -2.26. The van der Waals surface area contributed by atoms with Crippen LogP contribution in [0.3, 0.4) is 0 Å². The molecule has 9 nitrogen and oxygen atoms in total. The second-order valence-corrected chi connectivity index (χ2v) is 5.82. The summed E-state index contributed by atoms with van der Waals surface area (Å²) >= 11 is 0. The number of tetrazole rings is 1. The summed E-state index contributed by atoms with van der Waals surface area (Å²) < 4.78 is 1.69. The van der Waals surface area contributed by atoms with Crippen molar-refractivity contribution in [1.29, 1.82) is 0 Å². The second-order valence-electron chi connectivity index (χ2n) is 5.82. The Morgan fingerprint density at radius 2 is 1.70 bits per heavy atom. The molecule has 2 aromatic carbocycles. The number of hydrogen-bond acceptors (Lipinski definition) is 6. The van der Waals surface area contributed by atoms with Gasteiger partial charge in [-0.3, -0.25) is 14.7 Å². The van der Waals surface area contributed by atoms with E-state index in [0.717, 1.165) is 11.3 Å². The van der Waals surface area contributed by atoms with Gasteiger partial charge < -0.3 is 0 Å². The van der Waals surface area contributed by atoms with Crippen molar-refractivity contribution in [2.45, 2.75) is 13.0 Å². The lowest BCUT2D eigenvalue weighted by atomic mass is 10.2. The van der Waals surface area contributed by atoms with Crippen molar-refractivity contribution < 1.29 is 4.79 Å². The predicted octanol–water partition coefficient (Wildman–Crippen LogP) is 2.12. The third kappa shape index (κ3) is 3.43. The molecule has 0 saturated heterocycles. The molecule has 1 atom stereocenters. The number of rotatable bonds is 5. The molecule has 2 heterocycles. The first-order valence-electron chi connectivity index (χ1n) is 8.33. The smallest absolute Gasteiger partial charge is 0.253 e. The van der Waals surface area contributed by atoms with Crippen molar-refractivity contribution in [3.63, 3.8) is 0 Å². The van der Waals surface area contributed by atoms with Gasteiger partial charge in [-0.2, -0.15) is 4.80 Å². The van der Waals surface area contributed by atoms with Gasteiger partial charge in [0.2, 0.25) is 11.8 Å². The fourth-order valence-corrected chi connectivity index (χ4v) is 2.51. The highest BCUT2D eigenvalue weighted by molar-refractivity contribution is 5.92. The zero-order valence-electron chi connectivity index (χ0n) is 14.5. The molecular formula is C18H16N8O. The maximum absolute atomic E-state index is 12.6. The highest BCUT2D eigenvalue weighted by atomic mass is 16.2. The SMILES string of the molecule is CC(C(=O)Nc1nncn1-c1ccccc1)n1nnc(-c2ccccc2)n1. The van der Waals surface area contributed by atoms with Gasteiger partial charge in [0.1, 0.15) is 12.4 Å². The van der Waals surface area contributed by atoms with Crippen LogP contribution in [0, 0.1) is 0 Å². The van der Waals surface area contributed by atoms with Crippen molar-refractivity contribution in [3.05, 3.63) is 67.0 Å². The Hall–Kier alpha value is -3.88. The molecule has 0 aliphatic carbocycles. The van der Waals surface area contributed by atoms with E-state index in [4.69, 9.17) is 0 Å². The minimum Gasteiger partial charge on any atom is -0.292 e. The van der Waals surface area contributed by atoms with E-state index < -0.39 is 6.04 Å². The van der Waals surface area contributed by atoms with Crippen LogP contribution in [0.5, 0.6) is 0 Å². The first-order valence-corrected chi connectivity index (χ1v) is 8.33. The number of aromatic nitrogens is 7. The molecule has 0 fully saturated rings. The van der Waals surface area contributed by atoms with Crippen LogP contribution in [0.1, 0.15) is 13.0 Å². The number of carbonyl (C=O) groups is 1. The first kappa shape index (κ1) is 16.6. The van der Waals surface area contributed by atoms with Gasteiger partial charge in [-0.15, -0.1) is 20.4 Å². The van der Waals surface area contributed by atoms with E-state index in [1.807, 2.05) is 60.7 Å². The Balaban J connectivity index is 1.51. The number of anilines is 1. The summed E-state index contributed by atoms with van der Waals surface area (Å²) in [5.74, 6) is 0.460. The molecule has 2 aromatic heterocycles. The minimum absolute atomic E-state index is 0.321. The van der Waals surface area contributed by atoms with Gasteiger partial charge in [-0.05, 0) is 24.3 Å². The van der Waals surface area contributed by atoms with Crippen LogP contribution in [0.25, 0.3) is 17.1 Å². The van der Waals surface area contributed by atoms with Gasteiger partial charge in [-0.25, -0.2) is 0 Å². The van der Waals surface area contributed by atoms with Gasteiger partial charge in [0.15, 0.2) is 0 Å². The maximum Gasteiger partial charge on any atom is 0.253 e. The molecule has 0 saturated carbocycles. The minimum atomic E-state index is -0.670. The third-order valence-electron chi connectivity index (χ3n) is 4.00. The molecule has 27 heavy (non-hydrogen) atoms. The molecular weight excluding hydrogens is 344 g/mol. The van der Waals surface area contributed by atoms with Gasteiger partial charge in [0.05, 0.1) is 5.69 Å². The van der Waals surface area contributed by atoms with Crippen molar-refractivity contribution in [2.75, 3.05) is 5.32 Å². The van der Waals surface area contributed by atoms with Crippen molar-refractivity contribution in [2.24, 2.45) is 0 Å². The summed E-state index contributed by atoms with van der Waals surface area (Å²) in [6.45, 7) is 1.69. The molecule has 0 bridgehead atoms. The van der Waals surface area contributed by atoms with Crippen LogP contribution >= 0.6 is 0 Å². The molecule has 1 amide bonds. The quantitative estimate of drug-likeness (QED) is 0.585. The highest BCUT2D eigenvalue weighted by Crippen LogP contribution is 2.16. The van der Waals surface area contributed by atoms with Crippen LogP contribution in [0.15, 0.2) is 67.0 Å². The van der Waals surface area contributed by atoms with Gasteiger partial charge in [-0.1, -0.05) is 48.5 Å². The number of nitrogens with zero attached hydrogens (tertiary/aromatic N) is 7. The van der Waals surface area contributed by atoms with E-state index in [2.05, 4.69) is 30.9 Å². The summed E-state index contributed by atoms with van der Waals surface area (Å²) in [7, 11) is 0. The molecule has 0 aliphatic rings. The average molecular weight is 360 g/mol. The number of benzene rings is 2. The first-order chi connectivity index (χ1) is 13.2. The van der Waals surface area contributed by atoms with Crippen molar-refractivity contribution in [3.8, 4) is 17.1 Å². The van der Waals surface area contributed by atoms with Crippen LogP contribution in [0.2, 0.25) is 0 Å². The lowest BCUT2D eigenvalue weighted by molar-refractivity contribution is -0.119. The Bertz CT molecular complexity index is 1040. The standard InChI is InChI=1S/C18H16N8O/c1-13(26-23-16(21-24-26)14-8-4-2-5-9-14)17(27)20-18-22-19-12-25(18)15-10-6-3-7-11-15/h2-13H,1H3,(H,20,22,27). The average Bonchev–Trinajstić information content (AvgIpc) is 3.38. The van der Waals surface area contributed by atoms with Crippen LogP contribution in [-0.4, -0.2) is 40.9 Å². The zero-order valence-corrected chi connectivity index (χ0v) is 14.5. The maximum atomic E-state index is 12.6. The van der Waals surface area contributed by atoms with E-state index in [1.165, 1.54) is 11.1 Å². The molecule has 0 spiro atoms. The molecule has 134 valence electrons. The van der Waals surface area contributed by atoms with E-state index >= 15 is 0 Å². The van der Waals surface area contributed by atoms with Crippen LogP contribution in [-0.2, 0) is 4.79 Å². The Kier molecular flexibility index (Phi) is 4.40. The third-order valence-corrected chi connectivity index (χ3v) is 4.00. The van der Waals surface area contributed by atoms with Gasteiger partial charge in [0, 0.05) is 5.56 Å². The molecule has 0 radical (unpaired) electrons. The lowest BCUT2D eigenvalue weighted by Gasteiger charge is -2.11. The molecule has 1 N–H and O–H groups in total. The van der Waals surface area contributed by atoms with E-state index in [0.29, 0.717) is 11.8 Å². The molecule has 1 unspecified atom stereocenters. The molecule has 4 aromatic rings. The van der Waals surface area contributed by atoms with Crippen LogP contribution < -0.4 is 5.32 Å². The topological polar surface area (TPSA) is 103 Å². The number of carbonyl (C=O) groups excluding carboxylic acids is 1. The van der Waals surface area contributed by atoms with E-state index in [1.54, 1.807) is 11.5 Å². The number of para-hydroxylation sites is 1. The van der Waals surface area contributed by atoms with Gasteiger partial charge in [0.25, 0.3) is 5.91 Å². The summed E-state index contributed by atoms with van der Waals surface area (Å²) in [6, 6.07) is 18.3. The monoisotopic (exact) mass is 360 g/mol. The zero-order chi connectivity index (χ0) is 18.6. The summed E-state index contributed by atoms with van der Waals surface area (Å²) in [6.07, 6.45) is 1.54. The Morgan fingerprint density at radius 1 is 1.00 bits per heavy atom. The van der Waals surface area contributed by atoms with E-state index in [9.17, 15) is 4.79 Å². The second kappa shape index (κ2) is 7.16. The predicted molar refractivity (Wildman–Crippen MR) is 98.0 cm³/mol. The van der Waals surface area contributed by atoms with Crippen molar-refractivity contribution >= 4 is 11.9 Å². The van der Waals surface area contributed by atoms with Crippen molar-refractivity contribution in [1.82, 2.24) is 35.0 Å². The number of hydrogen-bond donors (Lipinski definition) is 1. The molecule has 0 aliphatic heterocycles. The largest absolute Gasteiger partial charge is 0.292 e. The molecule has 9 heteroatoms.